The van der Waals surface area contributed by atoms with Gasteiger partial charge in [0, 0.05) is 19.0 Å². The first kappa shape index (κ1) is 12.4. The summed E-state index contributed by atoms with van der Waals surface area (Å²) in [6.07, 6.45) is 2.25. The lowest BCUT2D eigenvalue weighted by molar-refractivity contribution is 0.310. The lowest BCUT2D eigenvalue weighted by Gasteiger charge is -2.31. The molecule has 1 aliphatic heterocycles. The van der Waals surface area contributed by atoms with Gasteiger partial charge in [0.15, 0.2) is 0 Å². The number of nitrogens with one attached hydrogen (secondary N) is 1. The second-order valence-corrected chi connectivity index (χ2v) is 6.06. The summed E-state index contributed by atoms with van der Waals surface area (Å²) in [7, 11) is -3.12. The van der Waals surface area contributed by atoms with Crippen molar-refractivity contribution in [3.8, 4) is 0 Å². The zero-order valence-corrected chi connectivity index (χ0v) is 9.89. The van der Waals surface area contributed by atoms with Gasteiger partial charge in [-0.25, -0.2) is 12.7 Å². The predicted octanol–water partition coefficient (Wildman–Crippen LogP) is 0.374. The van der Waals surface area contributed by atoms with E-state index < -0.39 is 10.0 Å². The fourth-order valence-electron chi connectivity index (χ4n) is 1.84. The molecule has 1 unspecified atom stereocenters. The summed E-state index contributed by atoms with van der Waals surface area (Å²) >= 11 is 0. The van der Waals surface area contributed by atoms with Crippen LogP contribution < -0.4 is 5.73 Å². The molecule has 1 heterocycles. The van der Waals surface area contributed by atoms with E-state index in [1.165, 1.54) is 4.31 Å². The Morgan fingerprint density at radius 3 is 2.80 bits per heavy atom. The van der Waals surface area contributed by atoms with Crippen molar-refractivity contribution in [1.29, 1.82) is 5.41 Å². The fraction of sp³-hybridized carbons (Fsp3) is 0.889. The van der Waals surface area contributed by atoms with Gasteiger partial charge in [-0.1, -0.05) is 6.92 Å². The number of piperidine rings is 1. The normalized spacial score (nSPS) is 23.9. The molecule has 88 valence electrons. The Hall–Kier alpha value is -0.620. The van der Waals surface area contributed by atoms with Crippen LogP contribution in [0.5, 0.6) is 0 Å². The van der Waals surface area contributed by atoms with Crippen molar-refractivity contribution in [2.24, 2.45) is 11.7 Å². The Bertz CT molecular complexity index is 326. The Balaban J connectivity index is 2.67. The molecule has 5 nitrogen and oxygen atoms in total. The quantitative estimate of drug-likeness (QED) is 0.543. The molecule has 1 saturated heterocycles. The van der Waals surface area contributed by atoms with Gasteiger partial charge in [0.1, 0.15) is 0 Å². The average molecular weight is 233 g/mol. The second kappa shape index (κ2) is 4.94. The van der Waals surface area contributed by atoms with Crippen LogP contribution in [0.15, 0.2) is 0 Å². The van der Waals surface area contributed by atoms with Gasteiger partial charge in [0.25, 0.3) is 0 Å². The van der Waals surface area contributed by atoms with Crippen LogP contribution in [0.3, 0.4) is 0 Å². The number of rotatable bonds is 4. The van der Waals surface area contributed by atoms with E-state index in [-0.39, 0.29) is 17.5 Å². The van der Waals surface area contributed by atoms with Crippen LogP contribution in [0.4, 0.5) is 0 Å². The van der Waals surface area contributed by atoms with E-state index >= 15 is 0 Å². The lowest BCUT2D eigenvalue weighted by Crippen LogP contribution is -2.44. The Morgan fingerprint density at radius 1 is 1.60 bits per heavy atom. The number of amidine groups is 1. The first-order valence-corrected chi connectivity index (χ1v) is 6.90. The highest BCUT2D eigenvalue weighted by Crippen LogP contribution is 2.19. The molecule has 1 rings (SSSR count). The predicted molar refractivity (Wildman–Crippen MR) is 60.3 cm³/mol. The minimum Gasteiger partial charge on any atom is -0.387 e. The van der Waals surface area contributed by atoms with Gasteiger partial charge in [-0.15, -0.1) is 0 Å². The number of hydrogen-bond donors (Lipinski definition) is 2. The third-order valence-electron chi connectivity index (χ3n) is 2.68. The molecule has 1 aliphatic rings. The minimum absolute atomic E-state index is 0.0922. The third kappa shape index (κ3) is 3.17. The molecule has 3 N–H and O–H groups in total. The highest BCUT2D eigenvalue weighted by atomic mass is 32.2. The molecular weight excluding hydrogens is 214 g/mol. The van der Waals surface area contributed by atoms with Crippen molar-refractivity contribution in [2.45, 2.75) is 26.2 Å². The average Bonchev–Trinajstić information content (AvgIpc) is 2.18. The fourth-order valence-corrected chi connectivity index (χ4v) is 3.42. The highest BCUT2D eigenvalue weighted by Gasteiger charge is 2.29. The number of nitrogens with zero attached hydrogens (tertiary/aromatic N) is 1. The monoisotopic (exact) mass is 233 g/mol. The van der Waals surface area contributed by atoms with E-state index in [2.05, 4.69) is 0 Å². The zero-order valence-electron chi connectivity index (χ0n) is 9.07. The van der Waals surface area contributed by atoms with Crippen LogP contribution in [0.2, 0.25) is 0 Å². The lowest BCUT2D eigenvalue weighted by atomic mass is 9.99. The molecule has 0 aromatic rings. The topological polar surface area (TPSA) is 87.2 Å². The largest absolute Gasteiger partial charge is 0.387 e. The van der Waals surface area contributed by atoms with Gasteiger partial charge in [0.05, 0.1) is 11.6 Å². The molecule has 0 aromatic heterocycles. The molecule has 1 atom stereocenters. The zero-order chi connectivity index (χ0) is 11.5. The molecule has 0 spiro atoms. The molecule has 6 heteroatoms. The minimum atomic E-state index is -3.12. The molecule has 0 amide bonds. The summed E-state index contributed by atoms with van der Waals surface area (Å²) in [6.45, 7) is 2.81. The van der Waals surface area contributed by atoms with E-state index in [4.69, 9.17) is 11.1 Å². The van der Waals surface area contributed by atoms with Gasteiger partial charge in [0.2, 0.25) is 10.0 Å². The van der Waals surface area contributed by atoms with E-state index in [1.54, 1.807) is 0 Å². The van der Waals surface area contributed by atoms with Crippen molar-refractivity contribution in [3.63, 3.8) is 0 Å². The van der Waals surface area contributed by atoms with Gasteiger partial charge >= 0.3 is 0 Å². The van der Waals surface area contributed by atoms with Gasteiger partial charge in [-0.05, 0) is 19.3 Å². The van der Waals surface area contributed by atoms with Crippen LogP contribution >= 0.6 is 0 Å². The van der Waals surface area contributed by atoms with E-state index in [0.29, 0.717) is 19.5 Å². The maximum absolute atomic E-state index is 11.8. The van der Waals surface area contributed by atoms with Crippen LogP contribution in [0, 0.1) is 11.3 Å². The molecule has 0 radical (unpaired) electrons. The molecule has 0 saturated carbocycles. The van der Waals surface area contributed by atoms with E-state index in [0.717, 1.165) is 12.8 Å². The molecule has 0 aromatic carbocycles. The van der Waals surface area contributed by atoms with Crippen LogP contribution in [-0.4, -0.2) is 37.4 Å². The second-order valence-electron chi connectivity index (χ2n) is 3.97. The SMILES string of the molecule is CCCS(=O)(=O)N1CCCC(C(=N)N)C1. The third-order valence-corrected chi connectivity index (χ3v) is 4.72. The van der Waals surface area contributed by atoms with Crippen molar-refractivity contribution < 1.29 is 8.42 Å². The van der Waals surface area contributed by atoms with Crippen molar-refractivity contribution in [3.05, 3.63) is 0 Å². The summed E-state index contributed by atoms with van der Waals surface area (Å²) in [4.78, 5) is 0. The first-order valence-electron chi connectivity index (χ1n) is 5.29. The summed E-state index contributed by atoms with van der Waals surface area (Å²) in [5.74, 6) is 0.203. The summed E-state index contributed by atoms with van der Waals surface area (Å²) in [5, 5.41) is 7.34. The van der Waals surface area contributed by atoms with Gasteiger partial charge < -0.3 is 5.73 Å². The van der Waals surface area contributed by atoms with Crippen LogP contribution in [0.1, 0.15) is 26.2 Å². The number of nitrogens with two attached hydrogens (primary N) is 1. The standard InChI is InChI=1S/C9H19N3O2S/c1-2-6-15(13,14)12-5-3-4-8(7-12)9(10)11/h8H,2-7H2,1H3,(H3,10,11). The maximum atomic E-state index is 11.8. The first-order chi connectivity index (χ1) is 6.97. The molecule has 0 aliphatic carbocycles. The summed E-state index contributed by atoms with van der Waals surface area (Å²) < 4.78 is 25.0. The maximum Gasteiger partial charge on any atom is 0.214 e. The Kier molecular flexibility index (Phi) is 4.10. The number of sulfonamides is 1. The summed E-state index contributed by atoms with van der Waals surface area (Å²) in [6, 6.07) is 0. The van der Waals surface area contributed by atoms with Gasteiger partial charge in [-0.2, -0.15) is 0 Å². The van der Waals surface area contributed by atoms with E-state index in [9.17, 15) is 8.42 Å². The van der Waals surface area contributed by atoms with Crippen LogP contribution in [0.25, 0.3) is 0 Å². The van der Waals surface area contributed by atoms with Crippen molar-refractivity contribution >= 4 is 15.9 Å². The molecule has 15 heavy (non-hydrogen) atoms. The Morgan fingerprint density at radius 2 is 2.27 bits per heavy atom. The van der Waals surface area contributed by atoms with Gasteiger partial charge in [-0.3, -0.25) is 5.41 Å². The molecule has 1 fully saturated rings. The number of hydrogen-bond acceptors (Lipinski definition) is 3. The Labute approximate surface area is 91.2 Å². The smallest absolute Gasteiger partial charge is 0.214 e. The molecule has 0 bridgehead atoms. The van der Waals surface area contributed by atoms with Crippen molar-refractivity contribution in [1.82, 2.24) is 4.31 Å². The van der Waals surface area contributed by atoms with Crippen molar-refractivity contribution in [2.75, 3.05) is 18.8 Å². The molecular formula is C9H19N3O2S. The van der Waals surface area contributed by atoms with Crippen LogP contribution in [-0.2, 0) is 10.0 Å². The summed E-state index contributed by atoms with van der Waals surface area (Å²) in [5.41, 5.74) is 5.41. The highest BCUT2D eigenvalue weighted by molar-refractivity contribution is 7.89. The van der Waals surface area contributed by atoms with E-state index in [1.807, 2.05) is 6.92 Å².